The second kappa shape index (κ2) is 9.22. The van der Waals surface area contributed by atoms with Crippen molar-refractivity contribution in [2.75, 3.05) is 18.6 Å². The van der Waals surface area contributed by atoms with Crippen molar-refractivity contribution in [2.45, 2.75) is 23.7 Å². The number of amides is 1. The lowest BCUT2D eigenvalue weighted by molar-refractivity contribution is -0.274. The van der Waals surface area contributed by atoms with E-state index in [4.69, 9.17) is 5.26 Å². The molecule has 1 aromatic rings. The van der Waals surface area contributed by atoms with Crippen molar-refractivity contribution in [1.82, 2.24) is 10.0 Å². The molecule has 0 saturated heterocycles. The maximum absolute atomic E-state index is 12.4. The molecule has 2 N–H and O–H groups in total. The third kappa shape index (κ3) is 8.55. The Morgan fingerprint density at radius 2 is 1.79 bits per heavy atom. The first kappa shape index (κ1) is 23.7. The second-order valence-electron chi connectivity index (χ2n) is 5.48. The van der Waals surface area contributed by atoms with E-state index < -0.39 is 54.6 Å². The molecule has 1 aromatic carbocycles. The van der Waals surface area contributed by atoms with E-state index in [1.54, 1.807) is 6.07 Å². The summed E-state index contributed by atoms with van der Waals surface area (Å²) in [5.74, 6) is -2.49. The predicted octanol–water partition coefficient (Wildman–Crippen LogP) is 0.307. The molecular weight excluding hydrogens is 427 g/mol. The number of alkyl halides is 3. The van der Waals surface area contributed by atoms with Crippen LogP contribution < -0.4 is 14.8 Å². The van der Waals surface area contributed by atoms with Gasteiger partial charge in [0.2, 0.25) is 15.9 Å². The van der Waals surface area contributed by atoms with E-state index in [9.17, 15) is 34.8 Å². The maximum atomic E-state index is 12.4. The number of benzene rings is 1. The number of nitriles is 1. The van der Waals surface area contributed by atoms with Crippen LogP contribution in [0, 0.1) is 11.3 Å². The van der Waals surface area contributed by atoms with E-state index in [0.717, 1.165) is 30.5 Å². The van der Waals surface area contributed by atoms with Crippen LogP contribution in [0.5, 0.6) is 5.75 Å². The normalized spacial score (nSPS) is 13.4. The fourth-order valence-corrected chi connectivity index (χ4v) is 4.05. The van der Waals surface area contributed by atoms with Gasteiger partial charge in [-0.25, -0.2) is 16.8 Å². The third-order valence-corrected chi connectivity index (χ3v) is 5.41. The topological polar surface area (TPSA) is 142 Å². The number of ether oxygens (including phenoxy) is 1. The van der Waals surface area contributed by atoms with Gasteiger partial charge in [0.15, 0.2) is 0 Å². The van der Waals surface area contributed by atoms with Gasteiger partial charge in [0.1, 0.15) is 21.6 Å². The Hall–Kier alpha value is -2.37. The highest BCUT2D eigenvalue weighted by molar-refractivity contribution is 7.91. The molecule has 28 heavy (non-hydrogen) atoms. The summed E-state index contributed by atoms with van der Waals surface area (Å²) in [6.45, 7) is -0.124. The lowest BCUT2D eigenvalue weighted by Crippen LogP contribution is -2.50. The molecule has 0 spiro atoms. The van der Waals surface area contributed by atoms with Gasteiger partial charge in [0.05, 0.1) is 23.1 Å². The summed E-state index contributed by atoms with van der Waals surface area (Å²) in [6, 6.07) is 3.14. The van der Waals surface area contributed by atoms with Gasteiger partial charge in [0.25, 0.3) is 0 Å². The number of hydrogen-bond acceptors (Lipinski definition) is 7. The molecule has 1 rings (SSSR count). The standard InChI is InChI=1S/C14H16F3N3O6S2/c1-27(22,23)9-12(13(21)19-8-2-7-18)20-28(24,25)11-5-3-10(4-6-11)26-14(15,16)17/h3-6,12,20H,2,8-9H2,1H3,(H,19,21). The summed E-state index contributed by atoms with van der Waals surface area (Å²) in [7, 11) is -8.22. The summed E-state index contributed by atoms with van der Waals surface area (Å²) in [5.41, 5.74) is 0. The zero-order valence-electron chi connectivity index (χ0n) is 14.4. The number of rotatable bonds is 9. The molecule has 1 unspecified atom stereocenters. The fourth-order valence-electron chi connectivity index (χ4n) is 1.91. The van der Waals surface area contributed by atoms with Crippen LogP contribution >= 0.6 is 0 Å². The highest BCUT2D eigenvalue weighted by Crippen LogP contribution is 2.23. The molecule has 1 amide bonds. The largest absolute Gasteiger partial charge is 0.573 e. The minimum Gasteiger partial charge on any atom is -0.406 e. The molecule has 0 radical (unpaired) electrons. The average molecular weight is 443 g/mol. The molecule has 1 atom stereocenters. The van der Waals surface area contributed by atoms with Gasteiger partial charge in [-0.2, -0.15) is 9.98 Å². The lowest BCUT2D eigenvalue weighted by atomic mass is 10.3. The van der Waals surface area contributed by atoms with Gasteiger partial charge in [-0.1, -0.05) is 0 Å². The smallest absolute Gasteiger partial charge is 0.406 e. The minimum atomic E-state index is -4.96. The Kier molecular flexibility index (Phi) is 7.79. The summed E-state index contributed by atoms with van der Waals surface area (Å²) >= 11 is 0. The molecule has 0 aliphatic carbocycles. The molecule has 0 fully saturated rings. The highest BCUT2D eigenvalue weighted by atomic mass is 32.2. The van der Waals surface area contributed by atoms with E-state index in [1.165, 1.54) is 0 Å². The summed E-state index contributed by atoms with van der Waals surface area (Å²) < 4.78 is 89.7. The number of sulfone groups is 1. The first-order chi connectivity index (χ1) is 12.7. The van der Waals surface area contributed by atoms with Crippen LogP contribution in [0.25, 0.3) is 0 Å². The molecular formula is C14H16F3N3O6S2. The monoisotopic (exact) mass is 443 g/mol. The Morgan fingerprint density at radius 3 is 2.25 bits per heavy atom. The molecule has 0 aromatic heterocycles. The average Bonchev–Trinajstić information content (AvgIpc) is 2.51. The van der Waals surface area contributed by atoms with E-state index in [-0.39, 0.29) is 13.0 Å². The van der Waals surface area contributed by atoms with E-state index in [2.05, 4.69) is 10.1 Å². The van der Waals surface area contributed by atoms with E-state index in [0.29, 0.717) is 0 Å². The number of carbonyl (C=O) groups excluding carboxylic acids is 1. The minimum absolute atomic E-state index is 0.0786. The van der Waals surface area contributed by atoms with E-state index in [1.807, 2.05) is 4.72 Å². The molecule has 0 bridgehead atoms. The molecule has 0 heterocycles. The quantitative estimate of drug-likeness (QED) is 0.523. The van der Waals surface area contributed by atoms with Crippen LogP contribution in [0.2, 0.25) is 0 Å². The van der Waals surface area contributed by atoms with Crippen molar-refractivity contribution in [1.29, 1.82) is 5.26 Å². The number of nitrogens with one attached hydrogen (secondary N) is 2. The maximum Gasteiger partial charge on any atom is 0.573 e. The Balaban J connectivity index is 3.02. The number of sulfonamides is 1. The molecule has 9 nitrogen and oxygen atoms in total. The summed E-state index contributed by atoms with van der Waals surface area (Å²) in [4.78, 5) is 11.5. The number of nitrogens with zero attached hydrogens (tertiary/aromatic N) is 1. The second-order valence-corrected chi connectivity index (χ2v) is 9.38. The zero-order chi connectivity index (χ0) is 21.6. The summed E-state index contributed by atoms with van der Waals surface area (Å²) in [5, 5.41) is 10.7. The van der Waals surface area contributed by atoms with Crippen molar-refractivity contribution in [2.24, 2.45) is 0 Å². The van der Waals surface area contributed by atoms with Crippen molar-refractivity contribution in [3.63, 3.8) is 0 Å². The molecule has 0 aliphatic rings. The van der Waals surface area contributed by atoms with Crippen LogP contribution in [0.3, 0.4) is 0 Å². The van der Waals surface area contributed by atoms with Gasteiger partial charge >= 0.3 is 6.36 Å². The first-order valence-corrected chi connectivity index (χ1v) is 11.0. The van der Waals surface area contributed by atoms with Gasteiger partial charge in [-0.15, -0.1) is 13.2 Å². The van der Waals surface area contributed by atoms with Crippen molar-refractivity contribution < 1.29 is 39.5 Å². The van der Waals surface area contributed by atoms with Gasteiger partial charge in [0, 0.05) is 12.8 Å². The molecule has 0 aliphatic heterocycles. The van der Waals surface area contributed by atoms with Crippen LogP contribution in [0.1, 0.15) is 6.42 Å². The Labute approximate surface area is 159 Å². The molecule has 14 heteroatoms. The van der Waals surface area contributed by atoms with Gasteiger partial charge in [-0.3, -0.25) is 4.79 Å². The lowest BCUT2D eigenvalue weighted by Gasteiger charge is -2.17. The highest BCUT2D eigenvalue weighted by Gasteiger charge is 2.32. The van der Waals surface area contributed by atoms with Crippen LogP contribution in [0.15, 0.2) is 29.2 Å². The number of halogens is 3. The van der Waals surface area contributed by atoms with Crippen LogP contribution in [-0.2, 0) is 24.7 Å². The molecule has 0 saturated carbocycles. The third-order valence-electron chi connectivity index (χ3n) is 2.99. The summed E-state index contributed by atoms with van der Waals surface area (Å²) in [6.07, 6.45) is -4.24. The van der Waals surface area contributed by atoms with Crippen molar-refractivity contribution >= 4 is 25.8 Å². The van der Waals surface area contributed by atoms with Crippen LogP contribution in [0.4, 0.5) is 13.2 Å². The van der Waals surface area contributed by atoms with Gasteiger partial charge < -0.3 is 10.1 Å². The Morgan fingerprint density at radius 1 is 1.21 bits per heavy atom. The van der Waals surface area contributed by atoms with Crippen molar-refractivity contribution in [3.8, 4) is 11.8 Å². The van der Waals surface area contributed by atoms with Crippen molar-refractivity contribution in [3.05, 3.63) is 24.3 Å². The number of carbonyl (C=O) groups is 1. The first-order valence-electron chi connectivity index (χ1n) is 7.44. The SMILES string of the molecule is CS(=O)(=O)CC(NS(=O)(=O)c1ccc(OC(F)(F)F)cc1)C(=O)NCCC#N. The Bertz CT molecular complexity index is 938. The zero-order valence-corrected chi connectivity index (χ0v) is 16.0. The number of hydrogen-bond donors (Lipinski definition) is 2. The van der Waals surface area contributed by atoms with E-state index >= 15 is 0 Å². The van der Waals surface area contributed by atoms with Gasteiger partial charge in [-0.05, 0) is 24.3 Å². The van der Waals surface area contributed by atoms with Crippen LogP contribution in [-0.4, -0.2) is 53.7 Å². The predicted molar refractivity (Wildman–Crippen MR) is 90.2 cm³/mol. The fraction of sp³-hybridized carbons (Fsp3) is 0.429. The molecule has 156 valence electrons.